The molecular weight excluding hydrogens is 301 g/mol. The van der Waals surface area contributed by atoms with Crippen LogP contribution in [0.4, 0.5) is 4.39 Å². The average molecular weight is 314 g/mol. The Morgan fingerprint density at radius 2 is 2.24 bits per heavy atom. The van der Waals surface area contributed by atoms with Crippen molar-refractivity contribution in [3.8, 4) is 0 Å². The number of hydrogen-bond acceptors (Lipinski definition) is 2. The van der Waals surface area contributed by atoms with Gasteiger partial charge in [-0.3, -0.25) is 0 Å². The molecule has 0 aliphatic heterocycles. The van der Waals surface area contributed by atoms with E-state index < -0.39 is 0 Å². The van der Waals surface area contributed by atoms with E-state index in [9.17, 15) is 4.39 Å². The first-order valence-corrected chi connectivity index (χ1v) is 7.08. The molecule has 1 aromatic carbocycles. The molecule has 0 bridgehead atoms. The van der Waals surface area contributed by atoms with Crippen molar-refractivity contribution in [2.45, 2.75) is 12.5 Å². The van der Waals surface area contributed by atoms with Crippen molar-refractivity contribution in [3.63, 3.8) is 0 Å². The van der Waals surface area contributed by atoms with Gasteiger partial charge in [-0.25, -0.2) is 4.39 Å². The van der Waals surface area contributed by atoms with E-state index in [0.29, 0.717) is 5.56 Å². The summed E-state index contributed by atoms with van der Waals surface area (Å²) < 4.78 is 14.7. The third kappa shape index (κ3) is 2.94. The van der Waals surface area contributed by atoms with Crippen molar-refractivity contribution in [2.24, 2.45) is 0 Å². The van der Waals surface area contributed by atoms with Gasteiger partial charge in [-0.05, 0) is 48.0 Å². The van der Waals surface area contributed by atoms with E-state index in [1.807, 2.05) is 18.5 Å². The molecule has 90 valence electrons. The molecule has 1 heterocycles. The lowest BCUT2D eigenvalue weighted by atomic mass is 10.0. The first-order chi connectivity index (χ1) is 8.22. The molecule has 0 amide bonds. The number of thiophene rings is 1. The van der Waals surface area contributed by atoms with E-state index in [-0.39, 0.29) is 11.9 Å². The minimum absolute atomic E-state index is 0.0137. The standard InChI is InChI=1S/C13H13BrFNS/c1-16-12(7-9-5-6-17-8-9)13-10(14)3-2-4-11(13)15/h2-6,8,12,16H,7H2,1H3. The Balaban J connectivity index is 2.29. The molecule has 4 heteroatoms. The van der Waals surface area contributed by atoms with E-state index >= 15 is 0 Å². The Morgan fingerprint density at radius 1 is 1.41 bits per heavy atom. The Kier molecular flexibility index (Phi) is 4.31. The quantitative estimate of drug-likeness (QED) is 0.894. The Hall–Kier alpha value is -0.710. The first kappa shape index (κ1) is 12.7. The van der Waals surface area contributed by atoms with Gasteiger partial charge < -0.3 is 5.32 Å². The molecule has 0 aliphatic rings. The van der Waals surface area contributed by atoms with Crippen molar-refractivity contribution in [2.75, 3.05) is 7.05 Å². The zero-order chi connectivity index (χ0) is 12.3. The maximum Gasteiger partial charge on any atom is 0.129 e. The minimum Gasteiger partial charge on any atom is -0.313 e. The number of benzene rings is 1. The van der Waals surface area contributed by atoms with Crippen LogP contribution < -0.4 is 5.32 Å². The second-order valence-electron chi connectivity index (χ2n) is 3.81. The summed E-state index contributed by atoms with van der Waals surface area (Å²) in [5.41, 5.74) is 1.92. The number of rotatable bonds is 4. The minimum atomic E-state index is -0.172. The molecule has 0 aliphatic carbocycles. The van der Waals surface area contributed by atoms with E-state index in [2.05, 4.69) is 32.7 Å². The first-order valence-electron chi connectivity index (χ1n) is 5.34. The van der Waals surface area contributed by atoms with Crippen LogP contribution in [-0.4, -0.2) is 7.05 Å². The van der Waals surface area contributed by atoms with Gasteiger partial charge in [0.15, 0.2) is 0 Å². The van der Waals surface area contributed by atoms with Crippen LogP contribution in [0.5, 0.6) is 0 Å². The summed E-state index contributed by atoms with van der Waals surface area (Å²) in [7, 11) is 1.86. The Bertz CT molecular complexity index is 464. The van der Waals surface area contributed by atoms with E-state index in [1.165, 1.54) is 11.6 Å². The Morgan fingerprint density at radius 3 is 2.82 bits per heavy atom. The Labute approximate surface area is 113 Å². The number of hydrogen-bond donors (Lipinski definition) is 1. The lowest BCUT2D eigenvalue weighted by molar-refractivity contribution is 0.532. The molecule has 0 saturated heterocycles. The van der Waals surface area contributed by atoms with Gasteiger partial charge in [-0.2, -0.15) is 11.3 Å². The van der Waals surface area contributed by atoms with Crippen molar-refractivity contribution in [1.82, 2.24) is 5.32 Å². The molecule has 1 atom stereocenters. The van der Waals surface area contributed by atoms with Gasteiger partial charge in [-0.15, -0.1) is 0 Å². The van der Waals surface area contributed by atoms with Gasteiger partial charge in [0.05, 0.1) is 0 Å². The van der Waals surface area contributed by atoms with Gasteiger partial charge in [0.2, 0.25) is 0 Å². The van der Waals surface area contributed by atoms with Gasteiger partial charge >= 0.3 is 0 Å². The second kappa shape index (κ2) is 5.76. The van der Waals surface area contributed by atoms with E-state index in [4.69, 9.17) is 0 Å². The highest BCUT2D eigenvalue weighted by atomic mass is 79.9. The van der Waals surface area contributed by atoms with Crippen molar-refractivity contribution < 1.29 is 4.39 Å². The van der Waals surface area contributed by atoms with Crippen LogP contribution in [0.15, 0.2) is 39.5 Å². The third-order valence-electron chi connectivity index (χ3n) is 2.72. The smallest absolute Gasteiger partial charge is 0.129 e. The van der Waals surface area contributed by atoms with Crippen LogP contribution >= 0.6 is 27.3 Å². The monoisotopic (exact) mass is 313 g/mol. The summed E-state index contributed by atoms with van der Waals surface area (Å²) in [6.07, 6.45) is 0.791. The number of nitrogens with one attached hydrogen (secondary N) is 1. The second-order valence-corrected chi connectivity index (χ2v) is 5.45. The van der Waals surface area contributed by atoms with E-state index in [0.717, 1.165) is 10.9 Å². The van der Waals surface area contributed by atoms with Crippen LogP contribution in [0, 0.1) is 5.82 Å². The maximum atomic E-state index is 13.8. The van der Waals surface area contributed by atoms with Gasteiger partial charge in [0, 0.05) is 16.1 Å². The summed E-state index contributed by atoms with van der Waals surface area (Å²) in [5, 5.41) is 7.31. The summed E-state index contributed by atoms with van der Waals surface area (Å²) in [4.78, 5) is 0. The molecule has 2 rings (SSSR count). The van der Waals surface area contributed by atoms with Crippen LogP contribution in [0.3, 0.4) is 0 Å². The summed E-state index contributed by atoms with van der Waals surface area (Å²) in [6, 6.07) is 7.14. The normalized spacial score (nSPS) is 12.6. The fraction of sp³-hybridized carbons (Fsp3) is 0.231. The molecule has 0 radical (unpaired) electrons. The van der Waals surface area contributed by atoms with Crippen LogP contribution in [0.25, 0.3) is 0 Å². The number of likely N-dealkylation sites (N-methyl/N-ethyl adjacent to an activating group) is 1. The fourth-order valence-corrected chi connectivity index (χ4v) is 3.14. The molecule has 0 fully saturated rings. The van der Waals surface area contributed by atoms with E-state index in [1.54, 1.807) is 17.4 Å². The van der Waals surface area contributed by atoms with Crippen molar-refractivity contribution in [1.29, 1.82) is 0 Å². The lowest BCUT2D eigenvalue weighted by Crippen LogP contribution is -2.20. The SMILES string of the molecule is CNC(Cc1ccsc1)c1c(F)cccc1Br. The molecule has 1 nitrogen and oxygen atoms in total. The lowest BCUT2D eigenvalue weighted by Gasteiger charge is -2.18. The highest BCUT2D eigenvalue weighted by Gasteiger charge is 2.17. The topological polar surface area (TPSA) is 12.0 Å². The molecule has 0 spiro atoms. The molecule has 1 aromatic heterocycles. The summed E-state index contributed by atoms with van der Waals surface area (Å²) in [6.45, 7) is 0. The fourth-order valence-electron chi connectivity index (χ4n) is 1.84. The average Bonchev–Trinajstić information content (AvgIpc) is 2.80. The van der Waals surface area contributed by atoms with Gasteiger partial charge in [0.1, 0.15) is 5.82 Å². The molecule has 17 heavy (non-hydrogen) atoms. The summed E-state index contributed by atoms with van der Waals surface area (Å²) in [5.74, 6) is -0.172. The summed E-state index contributed by atoms with van der Waals surface area (Å²) >= 11 is 5.08. The molecule has 2 aromatic rings. The van der Waals surface area contributed by atoms with Crippen molar-refractivity contribution >= 4 is 27.3 Å². The maximum absolute atomic E-state index is 13.8. The molecule has 1 N–H and O–H groups in total. The third-order valence-corrected chi connectivity index (χ3v) is 4.14. The zero-order valence-electron chi connectivity index (χ0n) is 9.41. The van der Waals surface area contributed by atoms with Crippen LogP contribution in [0.1, 0.15) is 17.2 Å². The van der Waals surface area contributed by atoms with Gasteiger partial charge in [-0.1, -0.05) is 22.0 Å². The predicted molar refractivity (Wildman–Crippen MR) is 73.9 cm³/mol. The van der Waals surface area contributed by atoms with Crippen LogP contribution in [-0.2, 0) is 6.42 Å². The highest BCUT2D eigenvalue weighted by Crippen LogP contribution is 2.28. The van der Waals surface area contributed by atoms with Crippen molar-refractivity contribution in [3.05, 3.63) is 56.4 Å². The van der Waals surface area contributed by atoms with Crippen LogP contribution in [0.2, 0.25) is 0 Å². The zero-order valence-corrected chi connectivity index (χ0v) is 11.8. The number of halogens is 2. The van der Waals surface area contributed by atoms with Gasteiger partial charge in [0.25, 0.3) is 0 Å². The molecule has 0 saturated carbocycles. The predicted octanol–water partition coefficient (Wildman–Crippen LogP) is 4.15. The molecule has 1 unspecified atom stereocenters. The highest BCUT2D eigenvalue weighted by molar-refractivity contribution is 9.10. The molecular formula is C13H13BrFNS. The largest absolute Gasteiger partial charge is 0.313 e.